The van der Waals surface area contributed by atoms with Crippen LogP contribution >= 0.6 is 0 Å². The zero-order chi connectivity index (χ0) is 16.6. The lowest BCUT2D eigenvalue weighted by atomic mass is 9.68. The standard InChI is InChI=1S/C23H22O/c1-23(2)22(18-13-7-4-8-14-18)21(17-11-5-3-6-12-17)19-15-9-10-16-20(19)24-23/h3-16,21-22H,1-2H3/t21-,22+/m1/s1. The highest BCUT2D eigenvalue weighted by Crippen LogP contribution is 2.52. The third-order valence-corrected chi connectivity index (χ3v) is 5.03. The molecule has 24 heavy (non-hydrogen) atoms. The van der Waals surface area contributed by atoms with E-state index in [1.54, 1.807) is 0 Å². The second-order valence-electron chi connectivity index (χ2n) is 7.02. The lowest BCUT2D eigenvalue weighted by Crippen LogP contribution is -2.43. The predicted molar refractivity (Wildman–Crippen MR) is 98.6 cm³/mol. The van der Waals surface area contributed by atoms with Crippen LogP contribution in [0.15, 0.2) is 84.9 Å². The van der Waals surface area contributed by atoms with E-state index in [0.717, 1.165) is 5.75 Å². The summed E-state index contributed by atoms with van der Waals surface area (Å²) in [5.74, 6) is 1.55. The first-order valence-corrected chi connectivity index (χ1v) is 8.54. The van der Waals surface area contributed by atoms with Crippen molar-refractivity contribution in [3.63, 3.8) is 0 Å². The quantitative estimate of drug-likeness (QED) is 0.583. The Kier molecular flexibility index (Phi) is 3.65. The molecule has 0 amide bonds. The number of ether oxygens (including phenoxy) is 1. The van der Waals surface area contributed by atoms with E-state index < -0.39 is 0 Å². The minimum atomic E-state index is -0.282. The van der Waals surface area contributed by atoms with Gasteiger partial charge in [-0.05, 0) is 31.0 Å². The molecule has 1 aliphatic rings. The van der Waals surface area contributed by atoms with E-state index in [2.05, 4.69) is 98.8 Å². The lowest BCUT2D eigenvalue weighted by Gasteiger charge is -2.45. The summed E-state index contributed by atoms with van der Waals surface area (Å²) >= 11 is 0. The van der Waals surface area contributed by atoms with Crippen LogP contribution in [0.25, 0.3) is 0 Å². The van der Waals surface area contributed by atoms with Gasteiger partial charge in [-0.2, -0.15) is 0 Å². The summed E-state index contributed by atoms with van der Waals surface area (Å²) in [6.45, 7) is 4.41. The second kappa shape index (κ2) is 5.83. The third kappa shape index (κ3) is 2.50. The van der Waals surface area contributed by atoms with Crippen molar-refractivity contribution in [1.29, 1.82) is 0 Å². The molecule has 0 aromatic heterocycles. The van der Waals surface area contributed by atoms with Gasteiger partial charge in [0, 0.05) is 17.4 Å². The molecule has 0 saturated heterocycles. The Morgan fingerprint density at radius 3 is 1.88 bits per heavy atom. The molecule has 120 valence electrons. The predicted octanol–water partition coefficient (Wildman–Crippen LogP) is 5.77. The molecular weight excluding hydrogens is 292 g/mol. The van der Waals surface area contributed by atoms with E-state index in [4.69, 9.17) is 4.74 Å². The zero-order valence-electron chi connectivity index (χ0n) is 14.1. The van der Waals surface area contributed by atoms with Crippen LogP contribution in [0, 0.1) is 0 Å². The van der Waals surface area contributed by atoms with Crippen molar-refractivity contribution >= 4 is 0 Å². The van der Waals surface area contributed by atoms with Gasteiger partial charge in [0.2, 0.25) is 0 Å². The van der Waals surface area contributed by atoms with Crippen molar-refractivity contribution in [2.75, 3.05) is 0 Å². The van der Waals surface area contributed by atoms with Gasteiger partial charge in [0.05, 0.1) is 0 Å². The number of rotatable bonds is 2. The Labute approximate surface area is 143 Å². The molecule has 0 fully saturated rings. The molecule has 0 aliphatic carbocycles. The lowest BCUT2D eigenvalue weighted by molar-refractivity contribution is 0.0531. The van der Waals surface area contributed by atoms with Gasteiger partial charge in [0.15, 0.2) is 0 Å². The fourth-order valence-electron chi connectivity index (χ4n) is 4.04. The van der Waals surface area contributed by atoms with E-state index in [0.29, 0.717) is 0 Å². The van der Waals surface area contributed by atoms with E-state index >= 15 is 0 Å². The molecule has 1 nitrogen and oxygen atoms in total. The molecule has 3 aromatic rings. The molecule has 0 bridgehead atoms. The molecule has 1 aliphatic heterocycles. The average Bonchev–Trinajstić information content (AvgIpc) is 2.61. The number of hydrogen-bond acceptors (Lipinski definition) is 1. The van der Waals surface area contributed by atoms with Crippen LogP contribution in [0.4, 0.5) is 0 Å². The van der Waals surface area contributed by atoms with Gasteiger partial charge in [-0.15, -0.1) is 0 Å². The molecule has 0 spiro atoms. The van der Waals surface area contributed by atoms with Crippen molar-refractivity contribution in [3.05, 3.63) is 102 Å². The van der Waals surface area contributed by atoms with Crippen LogP contribution in [0.3, 0.4) is 0 Å². The molecule has 1 heterocycles. The zero-order valence-corrected chi connectivity index (χ0v) is 14.1. The van der Waals surface area contributed by atoms with Crippen molar-refractivity contribution in [2.45, 2.75) is 31.3 Å². The van der Waals surface area contributed by atoms with Gasteiger partial charge in [0.25, 0.3) is 0 Å². The highest BCUT2D eigenvalue weighted by Gasteiger charge is 2.44. The maximum atomic E-state index is 6.44. The van der Waals surface area contributed by atoms with Crippen LogP contribution in [-0.2, 0) is 0 Å². The SMILES string of the molecule is CC1(C)Oc2ccccc2[C@@H](c2ccccc2)[C@@H]1c1ccccc1. The third-order valence-electron chi connectivity index (χ3n) is 5.03. The summed E-state index contributed by atoms with van der Waals surface area (Å²) in [7, 11) is 0. The van der Waals surface area contributed by atoms with Crippen LogP contribution < -0.4 is 4.74 Å². The first-order chi connectivity index (χ1) is 11.7. The van der Waals surface area contributed by atoms with Crippen LogP contribution in [0.1, 0.15) is 42.4 Å². The number of benzene rings is 3. The van der Waals surface area contributed by atoms with Gasteiger partial charge in [-0.1, -0.05) is 78.9 Å². The maximum absolute atomic E-state index is 6.44. The average molecular weight is 314 g/mol. The Bertz CT molecular complexity index is 821. The van der Waals surface area contributed by atoms with E-state index in [-0.39, 0.29) is 17.4 Å². The van der Waals surface area contributed by atoms with Crippen molar-refractivity contribution < 1.29 is 4.74 Å². The summed E-state index contributed by atoms with van der Waals surface area (Å²) in [5.41, 5.74) is 3.66. The molecule has 0 radical (unpaired) electrons. The number of fused-ring (bicyclic) bond motifs is 1. The topological polar surface area (TPSA) is 9.23 Å². The minimum absolute atomic E-state index is 0.260. The van der Waals surface area contributed by atoms with E-state index in [1.165, 1.54) is 16.7 Å². The second-order valence-corrected chi connectivity index (χ2v) is 7.02. The fraction of sp³-hybridized carbons (Fsp3) is 0.217. The highest BCUT2D eigenvalue weighted by atomic mass is 16.5. The molecule has 0 saturated carbocycles. The maximum Gasteiger partial charge on any atom is 0.123 e. The summed E-state index contributed by atoms with van der Waals surface area (Å²) in [5, 5.41) is 0. The van der Waals surface area contributed by atoms with Crippen LogP contribution in [0.5, 0.6) is 5.75 Å². The Morgan fingerprint density at radius 1 is 0.667 bits per heavy atom. The summed E-state index contributed by atoms with van der Waals surface area (Å²) in [6, 6.07) is 30.0. The Hall–Kier alpha value is -2.54. The fourth-order valence-corrected chi connectivity index (χ4v) is 4.04. The number of para-hydroxylation sites is 1. The monoisotopic (exact) mass is 314 g/mol. The van der Waals surface area contributed by atoms with Crippen molar-refractivity contribution in [1.82, 2.24) is 0 Å². The molecule has 1 heteroatoms. The number of hydrogen-bond donors (Lipinski definition) is 0. The summed E-state index contributed by atoms with van der Waals surface area (Å²) in [6.07, 6.45) is 0. The Morgan fingerprint density at radius 2 is 1.21 bits per heavy atom. The molecule has 3 aromatic carbocycles. The van der Waals surface area contributed by atoms with Crippen LogP contribution in [-0.4, -0.2) is 5.60 Å². The van der Waals surface area contributed by atoms with E-state index in [9.17, 15) is 0 Å². The normalized spacial score (nSPS) is 21.6. The van der Waals surface area contributed by atoms with Gasteiger partial charge < -0.3 is 4.74 Å². The highest BCUT2D eigenvalue weighted by molar-refractivity contribution is 5.49. The van der Waals surface area contributed by atoms with Crippen LogP contribution in [0.2, 0.25) is 0 Å². The minimum Gasteiger partial charge on any atom is -0.487 e. The van der Waals surface area contributed by atoms with E-state index in [1.807, 2.05) is 0 Å². The Balaban J connectivity index is 1.95. The molecule has 4 rings (SSSR count). The summed E-state index contributed by atoms with van der Waals surface area (Å²) < 4.78 is 6.44. The molecule has 0 unspecified atom stereocenters. The van der Waals surface area contributed by atoms with Gasteiger partial charge in [-0.25, -0.2) is 0 Å². The largest absolute Gasteiger partial charge is 0.487 e. The first kappa shape index (κ1) is 15.0. The van der Waals surface area contributed by atoms with Gasteiger partial charge >= 0.3 is 0 Å². The molecule has 0 N–H and O–H groups in total. The van der Waals surface area contributed by atoms with Gasteiger partial charge in [-0.3, -0.25) is 0 Å². The molecule has 2 atom stereocenters. The van der Waals surface area contributed by atoms with Crippen molar-refractivity contribution in [2.24, 2.45) is 0 Å². The molecular formula is C23H22O. The summed E-state index contributed by atoms with van der Waals surface area (Å²) in [4.78, 5) is 0. The van der Waals surface area contributed by atoms with Gasteiger partial charge in [0.1, 0.15) is 11.4 Å². The van der Waals surface area contributed by atoms with Crippen molar-refractivity contribution in [3.8, 4) is 5.75 Å². The first-order valence-electron chi connectivity index (χ1n) is 8.54. The smallest absolute Gasteiger partial charge is 0.123 e.